The minimum Gasteiger partial charge on any atom is -0.482 e. The van der Waals surface area contributed by atoms with Crippen LogP contribution in [0.5, 0.6) is 5.75 Å². The van der Waals surface area contributed by atoms with Crippen LogP contribution in [0.15, 0.2) is 41.3 Å². The molecule has 1 aliphatic carbocycles. The van der Waals surface area contributed by atoms with Gasteiger partial charge in [-0.15, -0.1) is 0 Å². The van der Waals surface area contributed by atoms with E-state index in [1.165, 1.54) is 23.3 Å². The first-order valence-electron chi connectivity index (χ1n) is 7.73. The van der Waals surface area contributed by atoms with E-state index in [9.17, 15) is 13.2 Å². The Bertz CT molecular complexity index is 938. The summed E-state index contributed by atoms with van der Waals surface area (Å²) >= 11 is 0. The molecule has 0 aromatic heterocycles. The highest BCUT2D eigenvalue weighted by Gasteiger charge is 2.21. The van der Waals surface area contributed by atoms with Gasteiger partial charge in [0.25, 0.3) is 15.9 Å². The van der Waals surface area contributed by atoms with Gasteiger partial charge in [0.15, 0.2) is 6.61 Å². The fourth-order valence-corrected chi connectivity index (χ4v) is 4.15. The summed E-state index contributed by atoms with van der Waals surface area (Å²) in [6.07, 6.45) is 3.13. The third-order valence-corrected chi connectivity index (χ3v) is 5.62. The maximum atomic E-state index is 12.6. The number of carbonyl (C=O) groups is 1. The SMILES string of the molecule is O=C1COc2ccc(S(=O)(=O)Nc3ccc4c(c3)CCC4)cc2N1. The molecule has 1 heterocycles. The van der Waals surface area contributed by atoms with Crippen molar-refractivity contribution in [3.63, 3.8) is 0 Å². The molecule has 0 spiro atoms. The minimum absolute atomic E-state index is 0.0630. The van der Waals surface area contributed by atoms with Gasteiger partial charge in [-0.2, -0.15) is 0 Å². The van der Waals surface area contributed by atoms with E-state index in [2.05, 4.69) is 10.0 Å². The van der Waals surface area contributed by atoms with E-state index in [0.29, 0.717) is 17.1 Å². The lowest BCUT2D eigenvalue weighted by atomic mass is 10.1. The third-order valence-electron chi connectivity index (χ3n) is 4.24. The standard InChI is InChI=1S/C17H16N2O4S/c20-17-10-23-16-7-6-14(9-15(16)18-17)24(21,22)19-13-5-4-11-2-1-3-12(11)8-13/h4-9,19H,1-3,10H2,(H,18,20). The largest absolute Gasteiger partial charge is 0.482 e. The second-order valence-electron chi connectivity index (χ2n) is 5.94. The molecule has 1 amide bonds. The summed E-state index contributed by atoms with van der Waals surface area (Å²) in [5.74, 6) is 0.162. The molecule has 6 nitrogen and oxygen atoms in total. The molecule has 2 aromatic rings. The molecule has 7 heteroatoms. The van der Waals surface area contributed by atoms with Gasteiger partial charge < -0.3 is 10.1 Å². The zero-order valence-corrected chi connectivity index (χ0v) is 13.7. The van der Waals surface area contributed by atoms with Crippen molar-refractivity contribution in [2.75, 3.05) is 16.6 Å². The van der Waals surface area contributed by atoms with E-state index in [4.69, 9.17) is 4.74 Å². The Kier molecular flexibility index (Phi) is 3.45. The van der Waals surface area contributed by atoms with Crippen molar-refractivity contribution in [3.8, 4) is 5.75 Å². The average molecular weight is 344 g/mol. The Morgan fingerprint density at radius 1 is 1.04 bits per heavy atom. The van der Waals surface area contributed by atoms with Gasteiger partial charge in [0.1, 0.15) is 5.75 Å². The van der Waals surface area contributed by atoms with E-state index in [-0.39, 0.29) is 17.4 Å². The monoisotopic (exact) mass is 344 g/mol. The third kappa shape index (κ3) is 2.71. The number of aryl methyl sites for hydroxylation is 2. The number of amides is 1. The maximum absolute atomic E-state index is 12.6. The molecule has 2 aromatic carbocycles. The number of hydrogen-bond donors (Lipinski definition) is 2. The normalized spacial score (nSPS) is 15.9. The van der Waals surface area contributed by atoms with Crippen molar-refractivity contribution in [1.29, 1.82) is 0 Å². The van der Waals surface area contributed by atoms with Crippen molar-refractivity contribution < 1.29 is 17.9 Å². The Labute approximate surface area is 139 Å². The highest BCUT2D eigenvalue weighted by Crippen LogP contribution is 2.31. The summed E-state index contributed by atoms with van der Waals surface area (Å²) in [6.45, 7) is -0.0630. The first-order valence-corrected chi connectivity index (χ1v) is 9.21. The zero-order chi connectivity index (χ0) is 16.7. The number of carbonyl (C=O) groups excluding carboxylic acids is 1. The van der Waals surface area contributed by atoms with Crippen molar-refractivity contribution in [2.24, 2.45) is 0 Å². The van der Waals surface area contributed by atoms with Gasteiger partial charge in [-0.1, -0.05) is 6.07 Å². The van der Waals surface area contributed by atoms with Crippen LogP contribution in [0.1, 0.15) is 17.5 Å². The Morgan fingerprint density at radius 2 is 1.88 bits per heavy atom. The smallest absolute Gasteiger partial charge is 0.262 e. The van der Waals surface area contributed by atoms with Crippen LogP contribution >= 0.6 is 0 Å². The summed E-state index contributed by atoms with van der Waals surface area (Å²) in [5.41, 5.74) is 3.39. The molecule has 124 valence electrons. The molecule has 1 aliphatic heterocycles. The summed E-state index contributed by atoms with van der Waals surface area (Å²) in [6, 6.07) is 10.1. The average Bonchev–Trinajstić information content (AvgIpc) is 3.01. The second kappa shape index (κ2) is 5.52. The number of sulfonamides is 1. The topological polar surface area (TPSA) is 84.5 Å². The number of anilines is 2. The lowest BCUT2D eigenvalue weighted by Crippen LogP contribution is -2.25. The van der Waals surface area contributed by atoms with E-state index in [1.807, 2.05) is 12.1 Å². The fourth-order valence-electron chi connectivity index (χ4n) is 3.08. The van der Waals surface area contributed by atoms with Gasteiger partial charge in [-0.25, -0.2) is 8.42 Å². The highest BCUT2D eigenvalue weighted by atomic mass is 32.2. The first-order chi connectivity index (χ1) is 11.5. The van der Waals surface area contributed by atoms with E-state index in [0.717, 1.165) is 19.3 Å². The van der Waals surface area contributed by atoms with Crippen molar-refractivity contribution in [1.82, 2.24) is 0 Å². The first kappa shape index (κ1) is 15.0. The lowest BCUT2D eigenvalue weighted by Gasteiger charge is -2.18. The predicted molar refractivity (Wildman–Crippen MR) is 89.8 cm³/mol. The molecule has 0 fully saturated rings. The number of hydrogen-bond acceptors (Lipinski definition) is 4. The molecule has 2 N–H and O–H groups in total. The van der Waals surface area contributed by atoms with Crippen LogP contribution in [0.25, 0.3) is 0 Å². The maximum Gasteiger partial charge on any atom is 0.262 e. The number of ether oxygens (including phenoxy) is 1. The molecule has 4 rings (SSSR count). The van der Waals surface area contributed by atoms with E-state index >= 15 is 0 Å². The molecular weight excluding hydrogens is 328 g/mol. The van der Waals surface area contributed by atoms with Gasteiger partial charge in [0.05, 0.1) is 10.6 Å². The molecule has 0 saturated carbocycles. The fraction of sp³-hybridized carbons (Fsp3) is 0.235. The van der Waals surface area contributed by atoms with Crippen LogP contribution in [-0.4, -0.2) is 20.9 Å². The number of rotatable bonds is 3. The van der Waals surface area contributed by atoms with Gasteiger partial charge >= 0.3 is 0 Å². The van der Waals surface area contributed by atoms with Gasteiger partial charge in [0, 0.05) is 5.69 Å². The van der Waals surface area contributed by atoms with Crippen LogP contribution < -0.4 is 14.8 Å². The molecule has 0 atom stereocenters. The van der Waals surface area contributed by atoms with Crippen molar-refractivity contribution >= 4 is 27.3 Å². The van der Waals surface area contributed by atoms with Crippen LogP contribution in [-0.2, 0) is 27.7 Å². The second-order valence-corrected chi connectivity index (χ2v) is 7.62. The molecule has 24 heavy (non-hydrogen) atoms. The lowest BCUT2D eigenvalue weighted by molar-refractivity contribution is -0.118. The van der Waals surface area contributed by atoms with Crippen molar-refractivity contribution in [2.45, 2.75) is 24.2 Å². The Hall–Kier alpha value is -2.54. The Balaban J connectivity index is 1.63. The molecule has 0 bridgehead atoms. The van der Waals surface area contributed by atoms with E-state index in [1.54, 1.807) is 12.1 Å². The summed E-state index contributed by atoms with van der Waals surface area (Å²) in [7, 11) is -3.74. The summed E-state index contributed by atoms with van der Waals surface area (Å²) < 4.78 is 33.1. The number of benzene rings is 2. The highest BCUT2D eigenvalue weighted by molar-refractivity contribution is 7.92. The number of nitrogens with one attached hydrogen (secondary N) is 2. The molecule has 2 aliphatic rings. The number of fused-ring (bicyclic) bond motifs is 2. The zero-order valence-electron chi connectivity index (χ0n) is 12.8. The minimum atomic E-state index is -3.74. The van der Waals surface area contributed by atoms with Crippen LogP contribution in [0.4, 0.5) is 11.4 Å². The summed E-state index contributed by atoms with van der Waals surface area (Å²) in [4.78, 5) is 11.5. The Morgan fingerprint density at radius 3 is 2.75 bits per heavy atom. The van der Waals surface area contributed by atoms with Crippen LogP contribution in [0.3, 0.4) is 0 Å². The molecule has 0 radical (unpaired) electrons. The van der Waals surface area contributed by atoms with E-state index < -0.39 is 10.0 Å². The summed E-state index contributed by atoms with van der Waals surface area (Å²) in [5, 5.41) is 2.61. The van der Waals surface area contributed by atoms with Gasteiger partial charge in [0.2, 0.25) is 0 Å². The van der Waals surface area contributed by atoms with Crippen molar-refractivity contribution in [3.05, 3.63) is 47.5 Å². The van der Waals surface area contributed by atoms with Gasteiger partial charge in [-0.3, -0.25) is 9.52 Å². The van der Waals surface area contributed by atoms with Crippen LogP contribution in [0, 0.1) is 0 Å². The molecule has 0 saturated heterocycles. The molecular formula is C17H16N2O4S. The quantitative estimate of drug-likeness (QED) is 0.895. The van der Waals surface area contributed by atoms with Gasteiger partial charge in [-0.05, 0) is 60.7 Å². The van der Waals surface area contributed by atoms with Crippen LogP contribution in [0.2, 0.25) is 0 Å². The predicted octanol–water partition coefficient (Wildman–Crippen LogP) is 2.31. The molecule has 0 unspecified atom stereocenters.